The van der Waals surface area contributed by atoms with E-state index in [1.807, 2.05) is 12.2 Å². The van der Waals surface area contributed by atoms with E-state index in [2.05, 4.69) is 4.43 Å². The van der Waals surface area contributed by atoms with E-state index in [-0.39, 0.29) is 12.7 Å². The van der Waals surface area contributed by atoms with Gasteiger partial charge in [0.15, 0.2) is 0 Å². The smallest absolute Gasteiger partial charge is 0.511 e. The Hall–Kier alpha value is -0.683. The first kappa shape index (κ1) is 7.42. The normalized spacial score (nSPS) is 23.0. The minimum Gasteiger partial charge on any atom is -0.511 e. The SMILES string of the molecule is O=[Si](O)OCC1C=CCO1. The van der Waals surface area contributed by atoms with Gasteiger partial charge >= 0.3 is 9.17 Å². The van der Waals surface area contributed by atoms with Gasteiger partial charge in [0.1, 0.15) is 12.7 Å². The van der Waals surface area contributed by atoms with Gasteiger partial charge in [0.25, 0.3) is 0 Å². The van der Waals surface area contributed by atoms with Crippen LogP contribution in [0, 0.1) is 0 Å². The maximum Gasteiger partial charge on any atom is 0.764 e. The molecule has 0 saturated carbocycles. The lowest BCUT2D eigenvalue weighted by molar-refractivity contribution is 0.0712. The topological polar surface area (TPSA) is 55.8 Å². The van der Waals surface area contributed by atoms with Crippen molar-refractivity contribution >= 4 is 9.17 Å². The molecule has 0 saturated heterocycles. The highest BCUT2D eigenvalue weighted by Crippen LogP contribution is 2.02. The van der Waals surface area contributed by atoms with Crippen molar-refractivity contribution < 1.29 is 18.4 Å². The largest absolute Gasteiger partial charge is 0.764 e. The Balaban J connectivity index is 2.13. The summed E-state index contributed by atoms with van der Waals surface area (Å²) >= 11 is 0. The van der Waals surface area contributed by atoms with Crippen LogP contribution in [0.1, 0.15) is 0 Å². The molecule has 1 rings (SSSR count). The second-order valence-corrected chi connectivity index (χ2v) is 2.70. The average molecular weight is 160 g/mol. The van der Waals surface area contributed by atoms with Crippen molar-refractivity contribution in [1.82, 2.24) is 0 Å². The highest BCUT2D eigenvalue weighted by Gasteiger charge is 2.12. The summed E-state index contributed by atoms with van der Waals surface area (Å²) in [5.41, 5.74) is 0. The van der Waals surface area contributed by atoms with Gasteiger partial charge in [-0.2, -0.15) is 0 Å². The molecule has 5 heteroatoms. The molecule has 0 aliphatic carbocycles. The van der Waals surface area contributed by atoms with Crippen molar-refractivity contribution in [3.63, 3.8) is 0 Å². The number of hydrogen-bond acceptors (Lipinski definition) is 3. The summed E-state index contributed by atoms with van der Waals surface area (Å²) in [6.45, 7) is 0.741. The van der Waals surface area contributed by atoms with E-state index >= 15 is 0 Å². The number of hydrogen-bond donors (Lipinski definition) is 1. The van der Waals surface area contributed by atoms with E-state index in [1.54, 1.807) is 0 Å². The minimum atomic E-state index is -2.79. The van der Waals surface area contributed by atoms with Gasteiger partial charge < -0.3 is 14.0 Å². The quantitative estimate of drug-likeness (QED) is 0.441. The van der Waals surface area contributed by atoms with Crippen molar-refractivity contribution in [1.29, 1.82) is 0 Å². The highest BCUT2D eigenvalue weighted by atomic mass is 28.3. The lowest BCUT2D eigenvalue weighted by atomic mass is 10.4. The molecule has 1 atom stereocenters. The van der Waals surface area contributed by atoms with Crippen LogP contribution in [0.3, 0.4) is 0 Å². The Morgan fingerprint density at radius 2 is 2.70 bits per heavy atom. The summed E-state index contributed by atoms with van der Waals surface area (Å²) in [6, 6.07) is 0. The predicted molar refractivity (Wildman–Crippen MR) is 33.5 cm³/mol. The first-order chi connectivity index (χ1) is 4.79. The third-order valence-corrected chi connectivity index (χ3v) is 1.54. The first-order valence-corrected chi connectivity index (χ1v) is 4.19. The van der Waals surface area contributed by atoms with Gasteiger partial charge in [0.05, 0.1) is 6.61 Å². The molecule has 0 amide bonds. The third kappa shape index (κ3) is 2.28. The van der Waals surface area contributed by atoms with Gasteiger partial charge in [-0.3, -0.25) is 4.46 Å². The summed E-state index contributed by atoms with van der Waals surface area (Å²) in [7, 11) is -2.79. The number of rotatable bonds is 3. The molecule has 1 unspecified atom stereocenters. The monoisotopic (exact) mass is 160 g/mol. The molecule has 4 nitrogen and oxygen atoms in total. The van der Waals surface area contributed by atoms with E-state index in [0.717, 1.165) is 0 Å². The summed E-state index contributed by atoms with van der Waals surface area (Å²) in [4.78, 5) is 8.26. The van der Waals surface area contributed by atoms with Crippen LogP contribution in [-0.4, -0.2) is 33.3 Å². The van der Waals surface area contributed by atoms with Gasteiger partial charge in [-0.1, -0.05) is 12.2 Å². The molecule has 0 bridgehead atoms. The molecule has 56 valence electrons. The fourth-order valence-electron chi connectivity index (χ4n) is 0.699. The molecule has 0 aromatic rings. The maximum atomic E-state index is 10.0. The highest BCUT2D eigenvalue weighted by molar-refractivity contribution is 6.24. The van der Waals surface area contributed by atoms with Crippen LogP contribution in [0.25, 0.3) is 0 Å². The Kier molecular flexibility index (Phi) is 2.58. The van der Waals surface area contributed by atoms with Gasteiger partial charge in [-0.15, -0.1) is 0 Å². The molecular weight excluding hydrogens is 152 g/mol. The van der Waals surface area contributed by atoms with E-state index < -0.39 is 9.17 Å². The van der Waals surface area contributed by atoms with Crippen molar-refractivity contribution in [3.05, 3.63) is 12.2 Å². The van der Waals surface area contributed by atoms with Crippen molar-refractivity contribution in [2.45, 2.75) is 6.10 Å². The Bertz CT molecular complexity index is 156. The van der Waals surface area contributed by atoms with Crippen LogP contribution in [0.2, 0.25) is 0 Å². The second kappa shape index (κ2) is 3.48. The zero-order chi connectivity index (χ0) is 7.40. The van der Waals surface area contributed by atoms with E-state index in [1.165, 1.54) is 0 Å². The van der Waals surface area contributed by atoms with Gasteiger partial charge in [-0.25, -0.2) is 0 Å². The van der Waals surface area contributed by atoms with Crippen LogP contribution in [0.15, 0.2) is 12.2 Å². The van der Waals surface area contributed by atoms with Gasteiger partial charge in [0, 0.05) is 0 Å². The summed E-state index contributed by atoms with van der Waals surface area (Å²) in [5.74, 6) is 0. The van der Waals surface area contributed by atoms with Gasteiger partial charge in [0.2, 0.25) is 0 Å². The molecule has 0 fully saturated rings. The molecule has 0 aromatic heterocycles. The molecular formula is C5H8O4Si. The standard InChI is InChI=1S/C5H8O4Si/c6-10(7)9-4-5-2-1-3-8-5/h1-2,5-6H,3-4H2. The first-order valence-electron chi connectivity index (χ1n) is 2.93. The lowest BCUT2D eigenvalue weighted by Gasteiger charge is -2.05. The fraction of sp³-hybridized carbons (Fsp3) is 0.600. The summed E-state index contributed by atoms with van der Waals surface area (Å²) in [5, 5.41) is 0. The fourth-order valence-corrected chi connectivity index (χ4v) is 1.01. The molecule has 1 aliphatic heterocycles. The molecule has 1 heterocycles. The van der Waals surface area contributed by atoms with Crippen LogP contribution >= 0.6 is 0 Å². The molecule has 0 aromatic carbocycles. The minimum absolute atomic E-state index is 0.138. The third-order valence-electron chi connectivity index (χ3n) is 1.13. The van der Waals surface area contributed by atoms with Crippen LogP contribution in [0.5, 0.6) is 0 Å². The van der Waals surface area contributed by atoms with Crippen molar-refractivity contribution in [2.75, 3.05) is 13.2 Å². The lowest BCUT2D eigenvalue weighted by Crippen LogP contribution is -2.18. The maximum absolute atomic E-state index is 10.0. The van der Waals surface area contributed by atoms with E-state index in [0.29, 0.717) is 6.61 Å². The summed E-state index contributed by atoms with van der Waals surface area (Å²) < 4.78 is 19.5. The van der Waals surface area contributed by atoms with Crippen LogP contribution < -0.4 is 0 Å². The van der Waals surface area contributed by atoms with Crippen molar-refractivity contribution in [2.24, 2.45) is 0 Å². The molecule has 1 aliphatic rings. The zero-order valence-corrected chi connectivity index (χ0v) is 6.32. The number of ether oxygens (including phenoxy) is 1. The van der Waals surface area contributed by atoms with Crippen LogP contribution in [-0.2, 0) is 13.6 Å². The van der Waals surface area contributed by atoms with E-state index in [9.17, 15) is 4.46 Å². The molecule has 10 heavy (non-hydrogen) atoms. The van der Waals surface area contributed by atoms with E-state index in [4.69, 9.17) is 9.53 Å². The predicted octanol–water partition coefficient (Wildman–Crippen LogP) is -0.634. The van der Waals surface area contributed by atoms with Crippen LogP contribution in [0.4, 0.5) is 0 Å². The zero-order valence-electron chi connectivity index (χ0n) is 5.32. The van der Waals surface area contributed by atoms with Gasteiger partial charge in [-0.05, 0) is 0 Å². The average Bonchev–Trinajstić information content (AvgIpc) is 2.34. The second-order valence-electron chi connectivity index (χ2n) is 1.88. The Morgan fingerprint density at radius 3 is 3.20 bits per heavy atom. The molecule has 0 spiro atoms. The van der Waals surface area contributed by atoms with Crippen molar-refractivity contribution in [3.8, 4) is 0 Å². The summed E-state index contributed by atoms with van der Waals surface area (Å²) in [6.07, 6.45) is 3.52. The molecule has 1 N–H and O–H groups in total. The Labute approximate surface area is 60.0 Å². The Morgan fingerprint density at radius 1 is 1.90 bits per heavy atom. The molecule has 0 radical (unpaired) electrons.